The van der Waals surface area contributed by atoms with Gasteiger partial charge in [0.25, 0.3) is 0 Å². The van der Waals surface area contributed by atoms with Crippen molar-refractivity contribution in [3.05, 3.63) is 41.5 Å². The van der Waals surface area contributed by atoms with Gasteiger partial charge in [0.1, 0.15) is 18.2 Å². The Morgan fingerprint density at radius 1 is 1.27 bits per heavy atom. The number of nitrogens with one attached hydrogen (secondary N) is 2. The first kappa shape index (κ1) is 20.7. The second-order valence-electron chi connectivity index (χ2n) is 7.91. The summed E-state index contributed by atoms with van der Waals surface area (Å²) in [7, 11) is 1.67. The van der Waals surface area contributed by atoms with E-state index in [1.165, 1.54) is 6.42 Å². The van der Waals surface area contributed by atoms with Gasteiger partial charge in [-0.1, -0.05) is 18.2 Å². The molecule has 1 unspecified atom stereocenters. The second kappa shape index (κ2) is 9.93. The van der Waals surface area contributed by atoms with Crippen LogP contribution in [0.1, 0.15) is 49.8 Å². The highest BCUT2D eigenvalue weighted by Gasteiger charge is 2.23. The number of para-hydroxylation sites is 1. The molecule has 0 amide bonds. The molecule has 1 saturated carbocycles. The molecule has 1 aromatic carbocycles. The van der Waals surface area contributed by atoms with Gasteiger partial charge in [0.15, 0.2) is 11.8 Å². The topological polar surface area (TPSA) is 85.6 Å². The number of aromatic nitrogens is 3. The third-order valence-electron chi connectivity index (χ3n) is 5.59. The number of ether oxygens (including phenoxy) is 2. The SMILES string of the molecule is CCNC(=NCc1ccccc1OC1CCC1)NC1CCc2nc(COC)nn2C1. The van der Waals surface area contributed by atoms with Crippen molar-refractivity contribution >= 4 is 5.96 Å². The van der Waals surface area contributed by atoms with Gasteiger partial charge in [-0.3, -0.25) is 0 Å². The van der Waals surface area contributed by atoms with E-state index in [0.717, 1.165) is 67.7 Å². The summed E-state index contributed by atoms with van der Waals surface area (Å²) >= 11 is 0. The predicted molar refractivity (Wildman–Crippen MR) is 116 cm³/mol. The Balaban J connectivity index is 1.39. The van der Waals surface area contributed by atoms with Crippen LogP contribution in [0.2, 0.25) is 0 Å². The molecular weight excluding hydrogens is 380 g/mol. The van der Waals surface area contributed by atoms with Gasteiger partial charge < -0.3 is 20.1 Å². The zero-order valence-electron chi connectivity index (χ0n) is 17.9. The van der Waals surface area contributed by atoms with Crippen LogP contribution in [0.25, 0.3) is 0 Å². The van der Waals surface area contributed by atoms with E-state index in [-0.39, 0.29) is 6.04 Å². The van der Waals surface area contributed by atoms with E-state index in [1.807, 2.05) is 16.8 Å². The van der Waals surface area contributed by atoms with E-state index in [4.69, 9.17) is 14.5 Å². The van der Waals surface area contributed by atoms with Crippen LogP contribution in [0.3, 0.4) is 0 Å². The van der Waals surface area contributed by atoms with Gasteiger partial charge in [-0.15, -0.1) is 0 Å². The molecule has 30 heavy (non-hydrogen) atoms. The maximum absolute atomic E-state index is 6.15. The Labute approximate surface area is 178 Å². The van der Waals surface area contributed by atoms with E-state index >= 15 is 0 Å². The zero-order chi connectivity index (χ0) is 20.8. The van der Waals surface area contributed by atoms with Crippen molar-refractivity contribution in [1.29, 1.82) is 0 Å². The van der Waals surface area contributed by atoms with Crippen molar-refractivity contribution in [2.45, 2.75) is 70.9 Å². The van der Waals surface area contributed by atoms with E-state index in [2.05, 4.69) is 39.8 Å². The molecule has 0 spiro atoms. The fourth-order valence-electron chi connectivity index (χ4n) is 3.76. The lowest BCUT2D eigenvalue weighted by Crippen LogP contribution is -2.47. The highest BCUT2D eigenvalue weighted by Crippen LogP contribution is 2.28. The molecule has 2 N–H and O–H groups in total. The number of aliphatic imine (C=N–C) groups is 1. The van der Waals surface area contributed by atoms with Crippen LogP contribution in [0.15, 0.2) is 29.3 Å². The minimum absolute atomic E-state index is 0.258. The summed E-state index contributed by atoms with van der Waals surface area (Å²) in [4.78, 5) is 9.38. The second-order valence-corrected chi connectivity index (χ2v) is 7.91. The molecule has 2 aliphatic rings. The number of hydrogen-bond acceptors (Lipinski definition) is 5. The molecule has 1 aliphatic heterocycles. The van der Waals surface area contributed by atoms with E-state index in [1.54, 1.807) is 7.11 Å². The van der Waals surface area contributed by atoms with Gasteiger partial charge in [0.05, 0.1) is 19.2 Å². The number of rotatable bonds is 8. The first-order chi connectivity index (χ1) is 14.7. The molecule has 1 atom stereocenters. The average molecular weight is 413 g/mol. The van der Waals surface area contributed by atoms with Crippen molar-refractivity contribution in [3.8, 4) is 5.75 Å². The van der Waals surface area contributed by atoms with Crippen molar-refractivity contribution < 1.29 is 9.47 Å². The van der Waals surface area contributed by atoms with Crippen LogP contribution in [-0.2, 0) is 30.9 Å². The highest BCUT2D eigenvalue weighted by molar-refractivity contribution is 5.80. The molecule has 2 heterocycles. The summed E-state index contributed by atoms with van der Waals surface area (Å²) in [5.41, 5.74) is 1.12. The molecule has 1 aromatic heterocycles. The van der Waals surface area contributed by atoms with Crippen LogP contribution in [0.4, 0.5) is 0 Å². The van der Waals surface area contributed by atoms with Crippen molar-refractivity contribution in [2.75, 3.05) is 13.7 Å². The smallest absolute Gasteiger partial charge is 0.191 e. The van der Waals surface area contributed by atoms with Gasteiger partial charge in [0.2, 0.25) is 0 Å². The number of benzene rings is 1. The number of hydrogen-bond donors (Lipinski definition) is 2. The Bertz CT molecular complexity index is 861. The molecule has 8 heteroatoms. The first-order valence-electron chi connectivity index (χ1n) is 11.0. The van der Waals surface area contributed by atoms with Gasteiger partial charge >= 0.3 is 0 Å². The quantitative estimate of drug-likeness (QED) is 0.512. The van der Waals surface area contributed by atoms with Crippen LogP contribution in [0, 0.1) is 0 Å². The normalized spacial score (nSPS) is 19.1. The lowest BCUT2D eigenvalue weighted by molar-refractivity contribution is 0.119. The fraction of sp³-hybridized carbons (Fsp3) is 0.591. The third-order valence-corrected chi connectivity index (χ3v) is 5.59. The number of aryl methyl sites for hydroxylation is 1. The molecule has 1 fully saturated rings. The number of fused-ring (bicyclic) bond motifs is 1. The molecular formula is C22H32N6O2. The predicted octanol–water partition coefficient (Wildman–Crippen LogP) is 2.43. The minimum Gasteiger partial charge on any atom is -0.490 e. The summed E-state index contributed by atoms with van der Waals surface area (Å²) in [5.74, 6) is 3.56. The monoisotopic (exact) mass is 412 g/mol. The van der Waals surface area contributed by atoms with E-state index in [9.17, 15) is 0 Å². The molecule has 0 radical (unpaired) electrons. The Kier molecular flexibility index (Phi) is 6.84. The summed E-state index contributed by atoms with van der Waals surface area (Å²) in [5, 5.41) is 11.5. The summed E-state index contributed by atoms with van der Waals surface area (Å²) in [6, 6.07) is 8.48. The molecule has 162 valence electrons. The van der Waals surface area contributed by atoms with E-state index < -0.39 is 0 Å². The average Bonchev–Trinajstić information content (AvgIpc) is 3.12. The number of guanidine groups is 1. The number of nitrogens with zero attached hydrogens (tertiary/aromatic N) is 4. The lowest BCUT2D eigenvalue weighted by Gasteiger charge is -2.27. The zero-order valence-corrected chi connectivity index (χ0v) is 17.9. The maximum atomic E-state index is 6.15. The van der Waals surface area contributed by atoms with Crippen molar-refractivity contribution in [1.82, 2.24) is 25.4 Å². The molecule has 4 rings (SSSR count). The van der Waals surface area contributed by atoms with E-state index in [0.29, 0.717) is 19.3 Å². The summed E-state index contributed by atoms with van der Waals surface area (Å²) in [6.45, 7) is 4.70. The Morgan fingerprint density at radius 2 is 2.13 bits per heavy atom. The Morgan fingerprint density at radius 3 is 2.90 bits per heavy atom. The van der Waals surface area contributed by atoms with Gasteiger partial charge in [0, 0.05) is 31.7 Å². The third kappa shape index (κ3) is 5.11. The maximum Gasteiger partial charge on any atom is 0.191 e. The van der Waals surface area contributed by atoms with Gasteiger partial charge in [-0.2, -0.15) is 5.10 Å². The molecule has 0 saturated heterocycles. The molecule has 1 aliphatic carbocycles. The van der Waals surface area contributed by atoms with Crippen LogP contribution in [0.5, 0.6) is 5.75 Å². The van der Waals surface area contributed by atoms with Crippen molar-refractivity contribution in [2.24, 2.45) is 4.99 Å². The summed E-state index contributed by atoms with van der Waals surface area (Å²) < 4.78 is 13.3. The largest absolute Gasteiger partial charge is 0.490 e. The lowest BCUT2D eigenvalue weighted by atomic mass is 9.96. The van der Waals surface area contributed by atoms with Crippen LogP contribution < -0.4 is 15.4 Å². The molecule has 2 aromatic rings. The number of methoxy groups -OCH3 is 1. The van der Waals surface area contributed by atoms with Gasteiger partial charge in [-0.05, 0) is 38.7 Å². The standard InChI is InChI=1S/C22H32N6O2/c1-3-23-22(24-13-16-7-4-5-10-19(16)30-18-8-6-9-18)25-17-11-12-21-26-20(15-29-2)27-28(21)14-17/h4-5,7,10,17-18H,3,6,8-9,11-15H2,1-2H3,(H2,23,24,25). The summed E-state index contributed by atoms with van der Waals surface area (Å²) in [6.07, 6.45) is 5.83. The fourth-order valence-corrected chi connectivity index (χ4v) is 3.76. The van der Waals surface area contributed by atoms with Crippen molar-refractivity contribution in [3.63, 3.8) is 0 Å². The highest BCUT2D eigenvalue weighted by atomic mass is 16.5. The van der Waals surface area contributed by atoms with Crippen LogP contribution in [-0.4, -0.2) is 46.5 Å². The molecule has 0 bridgehead atoms. The minimum atomic E-state index is 0.258. The molecule has 8 nitrogen and oxygen atoms in total. The Hall–Kier alpha value is -2.61. The van der Waals surface area contributed by atoms with Gasteiger partial charge in [-0.25, -0.2) is 14.7 Å². The first-order valence-corrected chi connectivity index (χ1v) is 11.0. The van der Waals surface area contributed by atoms with Crippen LogP contribution >= 0.6 is 0 Å².